The molecular formula is C12H22N4O2. The summed E-state index contributed by atoms with van der Waals surface area (Å²) in [5.74, 6) is 0.414. The van der Waals surface area contributed by atoms with Crippen LogP contribution >= 0.6 is 0 Å². The number of nitrogens with two attached hydrogens (primary N) is 1. The molecular weight excluding hydrogens is 232 g/mol. The minimum Gasteiger partial charge on any atom is -0.444 e. The molecule has 0 saturated heterocycles. The van der Waals surface area contributed by atoms with Crippen LogP contribution < -0.4 is 11.1 Å². The molecule has 0 fully saturated rings. The summed E-state index contributed by atoms with van der Waals surface area (Å²) < 4.78 is 5.23. The van der Waals surface area contributed by atoms with E-state index in [1.165, 1.54) is 0 Å². The first kappa shape index (κ1) is 14.3. The molecule has 0 saturated carbocycles. The highest BCUT2D eigenvalue weighted by molar-refractivity contribution is 5.68. The number of hydrogen-bond donors (Lipinski definition) is 3. The number of ether oxygens (including phenoxy) is 1. The van der Waals surface area contributed by atoms with Crippen LogP contribution in [-0.4, -0.2) is 21.9 Å². The van der Waals surface area contributed by atoms with Crippen LogP contribution in [0, 0.1) is 0 Å². The normalized spacial score (nSPS) is 13.1. The standard InChI is InChI=1S/C12H22N4O2/c1-5-6-8(9-7-10(13)16-15-9)14-11(17)18-12(2,3)4/h7-8H,5-6H2,1-4H3,(H,14,17)(H3,13,15,16)/t8-/m0/s1. The lowest BCUT2D eigenvalue weighted by molar-refractivity contribution is 0.0499. The maximum atomic E-state index is 11.7. The lowest BCUT2D eigenvalue weighted by Gasteiger charge is -2.22. The number of nitrogens with one attached hydrogen (secondary N) is 2. The number of amides is 1. The number of aromatic nitrogens is 2. The third-order valence-electron chi connectivity index (χ3n) is 2.26. The van der Waals surface area contributed by atoms with Gasteiger partial charge in [0.1, 0.15) is 11.4 Å². The van der Waals surface area contributed by atoms with Crippen LogP contribution in [0.3, 0.4) is 0 Å². The Bertz CT molecular complexity index is 395. The number of carbonyl (C=O) groups excluding carboxylic acids is 1. The van der Waals surface area contributed by atoms with Crippen LogP contribution in [0.1, 0.15) is 52.3 Å². The minimum atomic E-state index is -0.506. The zero-order chi connectivity index (χ0) is 13.8. The van der Waals surface area contributed by atoms with Gasteiger partial charge in [-0.25, -0.2) is 4.79 Å². The summed E-state index contributed by atoms with van der Waals surface area (Å²) in [7, 11) is 0. The molecule has 0 bridgehead atoms. The quantitative estimate of drug-likeness (QED) is 0.769. The van der Waals surface area contributed by atoms with E-state index in [1.54, 1.807) is 6.07 Å². The molecule has 6 nitrogen and oxygen atoms in total. The molecule has 1 aromatic rings. The summed E-state index contributed by atoms with van der Waals surface area (Å²) in [6.45, 7) is 7.53. The summed E-state index contributed by atoms with van der Waals surface area (Å²) >= 11 is 0. The minimum absolute atomic E-state index is 0.158. The van der Waals surface area contributed by atoms with Crippen LogP contribution in [0.15, 0.2) is 6.07 Å². The molecule has 1 atom stereocenters. The Morgan fingerprint density at radius 1 is 1.61 bits per heavy atom. The van der Waals surface area contributed by atoms with E-state index in [4.69, 9.17) is 10.5 Å². The molecule has 1 aromatic heterocycles. The summed E-state index contributed by atoms with van der Waals surface area (Å²) in [5, 5.41) is 9.49. The molecule has 0 spiro atoms. The molecule has 0 unspecified atom stereocenters. The molecule has 0 aliphatic carbocycles. The Hall–Kier alpha value is -1.72. The van der Waals surface area contributed by atoms with Gasteiger partial charge >= 0.3 is 6.09 Å². The van der Waals surface area contributed by atoms with E-state index in [0.717, 1.165) is 18.5 Å². The van der Waals surface area contributed by atoms with Gasteiger partial charge in [0.2, 0.25) is 0 Å². The highest BCUT2D eigenvalue weighted by atomic mass is 16.6. The van der Waals surface area contributed by atoms with Gasteiger partial charge in [-0.2, -0.15) is 5.10 Å². The largest absolute Gasteiger partial charge is 0.444 e. The molecule has 102 valence electrons. The van der Waals surface area contributed by atoms with Crippen molar-refractivity contribution in [2.24, 2.45) is 0 Å². The number of rotatable bonds is 4. The van der Waals surface area contributed by atoms with E-state index in [0.29, 0.717) is 5.82 Å². The van der Waals surface area contributed by atoms with E-state index in [1.807, 2.05) is 27.7 Å². The third-order valence-corrected chi connectivity index (χ3v) is 2.26. The molecule has 1 rings (SSSR count). The van der Waals surface area contributed by atoms with E-state index >= 15 is 0 Å². The van der Waals surface area contributed by atoms with Crippen molar-refractivity contribution in [3.05, 3.63) is 11.8 Å². The number of anilines is 1. The van der Waals surface area contributed by atoms with Crippen molar-refractivity contribution in [3.8, 4) is 0 Å². The Kier molecular flexibility index (Phi) is 4.58. The van der Waals surface area contributed by atoms with E-state index in [2.05, 4.69) is 15.5 Å². The second-order valence-electron chi connectivity index (χ2n) is 5.24. The zero-order valence-electron chi connectivity index (χ0n) is 11.4. The maximum absolute atomic E-state index is 11.7. The molecule has 1 heterocycles. The molecule has 6 heteroatoms. The van der Waals surface area contributed by atoms with Crippen LogP contribution in [0.4, 0.5) is 10.6 Å². The molecule has 18 heavy (non-hydrogen) atoms. The predicted molar refractivity (Wildman–Crippen MR) is 70.0 cm³/mol. The van der Waals surface area contributed by atoms with Gasteiger partial charge in [0.15, 0.2) is 0 Å². The summed E-state index contributed by atoms with van der Waals surface area (Å²) in [5.41, 5.74) is 5.84. The van der Waals surface area contributed by atoms with Crippen LogP contribution in [0.5, 0.6) is 0 Å². The van der Waals surface area contributed by atoms with Gasteiger partial charge in [-0.15, -0.1) is 0 Å². The zero-order valence-corrected chi connectivity index (χ0v) is 11.4. The van der Waals surface area contributed by atoms with Crippen molar-refractivity contribution in [3.63, 3.8) is 0 Å². The van der Waals surface area contributed by atoms with Gasteiger partial charge in [-0.05, 0) is 27.2 Å². The average molecular weight is 254 g/mol. The lowest BCUT2D eigenvalue weighted by Crippen LogP contribution is -2.35. The van der Waals surface area contributed by atoms with E-state index in [-0.39, 0.29) is 6.04 Å². The fraction of sp³-hybridized carbons (Fsp3) is 0.667. The average Bonchev–Trinajstić information content (AvgIpc) is 2.61. The number of aromatic amines is 1. The van der Waals surface area contributed by atoms with Crippen molar-refractivity contribution in [1.82, 2.24) is 15.5 Å². The van der Waals surface area contributed by atoms with Crippen molar-refractivity contribution >= 4 is 11.9 Å². The second-order valence-corrected chi connectivity index (χ2v) is 5.24. The number of carbonyl (C=O) groups is 1. The van der Waals surface area contributed by atoms with Crippen LogP contribution in [0.25, 0.3) is 0 Å². The summed E-state index contributed by atoms with van der Waals surface area (Å²) in [4.78, 5) is 11.7. The topological polar surface area (TPSA) is 93.0 Å². The fourth-order valence-electron chi connectivity index (χ4n) is 1.58. The maximum Gasteiger partial charge on any atom is 0.408 e. The first-order chi connectivity index (χ1) is 8.31. The van der Waals surface area contributed by atoms with Crippen LogP contribution in [0.2, 0.25) is 0 Å². The molecule has 0 aliphatic heterocycles. The van der Waals surface area contributed by atoms with Gasteiger partial charge in [0.05, 0.1) is 11.7 Å². The SMILES string of the molecule is CCC[C@H](NC(=O)OC(C)(C)C)c1cc(N)n[nH]1. The Morgan fingerprint density at radius 2 is 2.28 bits per heavy atom. The Balaban J connectivity index is 2.66. The monoisotopic (exact) mass is 254 g/mol. The highest BCUT2D eigenvalue weighted by Crippen LogP contribution is 2.18. The first-order valence-electron chi connectivity index (χ1n) is 6.12. The first-order valence-corrected chi connectivity index (χ1v) is 6.12. The van der Waals surface area contributed by atoms with E-state index in [9.17, 15) is 4.79 Å². The predicted octanol–water partition coefficient (Wildman–Crippen LogP) is 2.36. The van der Waals surface area contributed by atoms with Crippen molar-refractivity contribution in [1.29, 1.82) is 0 Å². The molecule has 1 amide bonds. The van der Waals surface area contributed by atoms with Gasteiger partial charge in [0, 0.05) is 6.07 Å². The summed E-state index contributed by atoms with van der Waals surface area (Å²) in [6, 6.07) is 1.56. The smallest absolute Gasteiger partial charge is 0.408 e. The van der Waals surface area contributed by atoms with E-state index < -0.39 is 11.7 Å². The molecule has 0 radical (unpaired) electrons. The molecule has 0 aromatic carbocycles. The second kappa shape index (κ2) is 5.75. The van der Waals surface area contributed by atoms with Crippen molar-refractivity contribution in [2.45, 2.75) is 52.2 Å². The fourth-order valence-corrected chi connectivity index (χ4v) is 1.58. The third kappa shape index (κ3) is 4.65. The highest BCUT2D eigenvalue weighted by Gasteiger charge is 2.21. The Morgan fingerprint density at radius 3 is 2.72 bits per heavy atom. The van der Waals surface area contributed by atoms with Gasteiger partial charge < -0.3 is 15.8 Å². The van der Waals surface area contributed by atoms with Crippen molar-refractivity contribution in [2.75, 3.05) is 5.73 Å². The van der Waals surface area contributed by atoms with Gasteiger partial charge in [-0.1, -0.05) is 13.3 Å². The number of nitrogen functional groups attached to an aromatic ring is 1. The molecule has 4 N–H and O–H groups in total. The lowest BCUT2D eigenvalue weighted by atomic mass is 10.1. The molecule has 0 aliphatic rings. The number of H-pyrrole nitrogens is 1. The number of alkyl carbamates (subject to hydrolysis) is 1. The number of nitrogens with zero attached hydrogens (tertiary/aromatic N) is 1. The summed E-state index contributed by atoms with van der Waals surface area (Å²) in [6.07, 6.45) is 1.29. The van der Waals surface area contributed by atoms with Crippen molar-refractivity contribution < 1.29 is 9.53 Å². The van der Waals surface area contributed by atoms with Crippen LogP contribution in [-0.2, 0) is 4.74 Å². The Labute approximate surface area is 107 Å². The van der Waals surface area contributed by atoms with Gasteiger partial charge in [0.25, 0.3) is 0 Å². The van der Waals surface area contributed by atoms with Gasteiger partial charge in [-0.3, -0.25) is 5.10 Å². The number of hydrogen-bond acceptors (Lipinski definition) is 4.